The lowest BCUT2D eigenvalue weighted by molar-refractivity contribution is -0.117. The molecular weight excluding hydrogens is 272 g/mol. The number of rotatable bonds is 5. The normalized spacial score (nSPS) is 13.1. The molecule has 6 heteroatoms. The highest BCUT2D eigenvalue weighted by atomic mass is 32.1. The molecule has 0 spiro atoms. The molecule has 0 bridgehead atoms. The van der Waals surface area contributed by atoms with Gasteiger partial charge >= 0.3 is 0 Å². The summed E-state index contributed by atoms with van der Waals surface area (Å²) in [5.41, 5.74) is 6.43. The largest absolute Gasteiger partial charge is 0.389 e. The first-order chi connectivity index (χ1) is 9.10. The summed E-state index contributed by atoms with van der Waals surface area (Å²) in [6, 6.07) is 0. The Hall–Kier alpha value is -1.43. The second-order valence-electron chi connectivity index (χ2n) is 6.52. The molecule has 0 aliphatic heterocycles. The summed E-state index contributed by atoms with van der Waals surface area (Å²) in [6.45, 7) is 8.61. The van der Waals surface area contributed by atoms with Gasteiger partial charge in [-0.25, -0.2) is 0 Å². The van der Waals surface area contributed by atoms with Crippen LogP contribution in [0.3, 0.4) is 0 Å². The first kappa shape index (κ1) is 16.6. The molecule has 0 aliphatic carbocycles. The van der Waals surface area contributed by atoms with Gasteiger partial charge in [0, 0.05) is 13.5 Å². The van der Waals surface area contributed by atoms with E-state index in [-0.39, 0.29) is 16.3 Å². The molecule has 0 aliphatic rings. The topological polar surface area (TPSA) is 72.9 Å². The molecule has 20 heavy (non-hydrogen) atoms. The lowest BCUT2D eigenvalue weighted by Crippen LogP contribution is -2.22. The van der Waals surface area contributed by atoms with Crippen molar-refractivity contribution in [3.8, 4) is 0 Å². The Morgan fingerprint density at radius 1 is 1.55 bits per heavy atom. The van der Waals surface area contributed by atoms with E-state index in [4.69, 9.17) is 18.0 Å². The maximum atomic E-state index is 12.1. The third kappa shape index (κ3) is 4.92. The number of hydrogen-bond acceptors (Lipinski definition) is 3. The molecule has 0 radical (unpaired) electrons. The number of carbonyl (C=O) groups is 1. The van der Waals surface area contributed by atoms with Crippen molar-refractivity contribution in [2.45, 2.75) is 40.5 Å². The van der Waals surface area contributed by atoms with Crippen LogP contribution in [-0.4, -0.2) is 20.7 Å². The van der Waals surface area contributed by atoms with Crippen LogP contribution >= 0.6 is 12.2 Å². The highest BCUT2D eigenvalue weighted by Crippen LogP contribution is 2.26. The van der Waals surface area contributed by atoms with Crippen LogP contribution < -0.4 is 11.1 Å². The van der Waals surface area contributed by atoms with Gasteiger partial charge in [-0.3, -0.25) is 9.48 Å². The van der Waals surface area contributed by atoms with E-state index in [1.54, 1.807) is 17.9 Å². The van der Waals surface area contributed by atoms with Crippen molar-refractivity contribution in [3.63, 3.8) is 0 Å². The number of anilines is 1. The summed E-state index contributed by atoms with van der Waals surface area (Å²) >= 11 is 4.95. The second-order valence-corrected chi connectivity index (χ2v) is 6.96. The van der Waals surface area contributed by atoms with Gasteiger partial charge in [-0.2, -0.15) is 5.10 Å². The highest BCUT2D eigenvalue weighted by molar-refractivity contribution is 7.80. The first-order valence-corrected chi connectivity index (χ1v) is 7.12. The monoisotopic (exact) mass is 296 g/mol. The number of aryl methyl sites for hydroxylation is 1. The Morgan fingerprint density at radius 2 is 2.15 bits per heavy atom. The lowest BCUT2D eigenvalue weighted by Gasteiger charge is -2.22. The Balaban J connectivity index is 2.68. The molecular formula is C14H24N4OS. The van der Waals surface area contributed by atoms with Crippen LogP contribution in [0.2, 0.25) is 0 Å². The Morgan fingerprint density at radius 3 is 2.65 bits per heavy atom. The molecule has 1 rings (SSSR count). The van der Waals surface area contributed by atoms with Crippen LogP contribution in [0.15, 0.2) is 6.20 Å². The number of aromatic nitrogens is 2. The zero-order valence-electron chi connectivity index (χ0n) is 12.9. The van der Waals surface area contributed by atoms with Crippen LogP contribution in [0.25, 0.3) is 0 Å². The number of thiocarbonyl (C=S) groups is 1. The van der Waals surface area contributed by atoms with Crippen molar-refractivity contribution < 1.29 is 4.79 Å². The number of hydrogen-bond donors (Lipinski definition) is 2. The number of nitrogens with zero attached hydrogens (tertiary/aromatic N) is 2. The van der Waals surface area contributed by atoms with E-state index in [1.807, 2.05) is 0 Å². The molecule has 5 nitrogen and oxygen atoms in total. The van der Waals surface area contributed by atoms with Gasteiger partial charge in [-0.15, -0.1) is 0 Å². The molecule has 0 saturated heterocycles. The predicted octanol–water partition coefficient (Wildman–Crippen LogP) is 2.46. The van der Waals surface area contributed by atoms with Crippen LogP contribution in [0.4, 0.5) is 5.82 Å². The average Bonchev–Trinajstić information content (AvgIpc) is 2.57. The van der Waals surface area contributed by atoms with Gasteiger partial charge in [0.1, 0.15) is 10.8 Å². The highest BCUT2D eigenvalue weighted by Gasteiger charge is 2.19. The van der Waals surface area contributed by atoms with E-state index in [1.165, 1.54) is 0 Å². The summed E-state index contributed by atoms with van der Waals surface area (Å²) in [6.07, 6.45) is 3.03. The SMILES string of the molecule is CC(CC(=O)Nc1c(C(N)=S)cnn1C)CC(C)(C)C. The van der Waals surface area contributed by atoms with Crippen LogP contribution in [0.1, 0.15) is 46.1 Å². The number of nitrogens with two attached hydrogens (primary N) is 1. The zero-order valence-corrected chi connectivity index (χ0v) is 13.7. The van der Waals surface area contributed by atoms with E-state index in [2.05, 4.69) is 38.1 Å². The summed E-state index contributed by atoms with van der Waals surface area (Å²) in [4.78, 5) is 12.3. The third-order valence-corrected chi connectivity index (χ3v) is 3.18. The minimum Gasteiger partial charge on any atom is -0.389 e. The van der Waals surface area contributed by atoms with Gasteiger partial charge in [0.25, 0.3) is 0 Å². The van der Waals surface area contributed by atoms with E-state index >= 15 is 0 Å². The summed E-state index contributed by atoms with van der Waals surface area (Å²) in [5, 5.41) is 6.91. The Bertz CT molecular complexity index is 502. The molecule has 1 unspecified atom stereocenters. The third-order valence-electron chi connectivity index (χ3n) is 2.96. The first-order valence-electron chi connectivity index (χ1n) is 6.72. The van der Waals surface area contributed by atoms with Crippen LogP contribution in [0, 0.1) is 11.3 Å². The molecule has 1 atom stereocenters. The van der Waals surface area contributed by atoms with Gasteiger partial charge in [-0.1, -0.05) is 39.9 Å². The summed E-state index contributed by atoms with van der Waals surface area (Å²) in [5.74, 6) is 0.838. The molecule has 1 aromatic rings. The fraction of sp³-hybridized carbons (Fsp3) is 0.643. The molecule has 1 aromatic heterocycles. The van der Waals surface area contributed by atoms with E-state index in [0.717, 1.165) is 6.42 Å². The fourth-order valence-corrected chi connectivity index (χ4v) is 2.53. The molecule has 0 saturated carbocycles. The Kier molecular flexibility index (Phi) is 5.28. The van der Waals surface area contributed by atoms with Crippen molar-refractivity contribution in [1.29, 1.82) is 0 Å². The molecule has 1 amide bonds. The summed E-state index contributed by atoms with van der Waals surface area (Å²) in [7, 11) is 1.75. The fourth-order valence-electron chi connectivity index (χ4n) is 2.38. The molecule has 3 N–H and O–H groups in total. The van der Waals surface area contributed by atoms with Gasteiger partial charge in [0.15, 0.2) is 0 Å². The van der Waals surface area contributed by atoms with Gasteiger partial charge in [0.05, 0.1) is 11.8 Å². The zero-order chi connectivity index (χ0) is 15.5. The van der Waals surface area contributed by atoms with E-state index in [9.17, 15) is 4.79 Å². The van der Waals surface area contributed by atoms with Gasteiger partial charge in [0.2, 0.25) is 5.91 Å². The van der Waals surface area contributed by atoms with E-state index < -0.39 is 0 Å². The predicted molar refractivity (Wildman–Crippen MR) is 85.6 cm³/mol. The van der Waals surface area contributed by atoms with Crippen molar-refractivity contribution in [2.24, 2.45) is 24.1 Å². The maximum Gasteiger partial charge on any atom is 0.225 e. The smallest absolute Gasteiger partial charge is 0.225 e. The summed E-state index contributed by atoms with van der Waals surface area (Å²) < 4.78 is 1.57. The lowest BCUT2D eigenvalue weighted by atomic mass is 9.84. The minimum absolute atomic E-state index is 0.0390. The van der Waals surface area contributed by atoms with Crippen molar-refractivity contribution in [1.82, 2.24) is 9.78 Å². The van der Waals surface area contributed by atoms with Gasteiger partial charge in [-0.05, 0) is 17.8 Å². The number of nitrogens with one attached hydrogen (secondary N) is 1. The van der Waals surface area contributed by atoms with Crippen molar-refractivity contribution in [3.05, 3.63) is 11.8 Å². The van der Waals surface area contributed by atoms with Crippen molar-refractivity contribution >= 4 is 28.9 Å². The number of carbonyl (C=O) groups excluding carboxylic acids is 1. The average molecular weight is 296 g/mol. The molecule has 1 heterocycles. The van der Waals surface area contributed by atoms with Crippen molar-refractivity contribution in [2.75, 3.05) is 5.32 Å². The van der Waals surface area contributed by atoms with Crippen LogP contribution in [-0.2, 0) is 11.8 Å². The van der Waals surface area contributed by atoms with Gasteiger partial charge < -0.3 is 11.1 Å². The minimum atomic E-state index is -0.0390. The van der Waals surface area contributed by atoms with Crippen LogP contribution in [0.5, 0.6) is 0 Å². The second kappa shape index (κ2) is 6.35. The molecule has 112 valence electrons. The Labute approximate surface area is 125 Å². The van der Waals surface area contributed by atoms with E-state index in [0.29, 0.717) is 23.7 Å². The molecule has 0 fully saturated rings. The quantitative estimate of drug-likeness (QED) is 0.819. The molecule has 0 aromatic carbocycles. The number of amides is 1. The standard InChI is InChI=1S/C14H24N4OS/c1-9(7-14(2,3)4)6-11(19)17-13-10(12(15)20)8-16-18(13)5/h8-9H,6-7H2,1-5H3,(H2,15,20)(H,17,19). The maximum absolute atomic E-state index is 12.1.